The van der Waals surface area contributed by atoms with E-state index in [0.717, 1.165) is 12.1 Å². The number of halogens is 1. The Morgan fingerprint density at radius 1 is 1.43 bits per heavy atom. The van der Waals surface area contributed by atoms with E-state index in [2.05, 4.69) is 15.9 Å². The van der Waals surface area contributed by atoms with E-state index in [1.807, 2.05) is 11.8 Å². The van der Waals surface area contributed by atoms with Crippen molar-refractivity contribution in [1.29, 1.82) is 0 Å². The molecule has 6 nitrogen and oxygen atoms in total. The van der Waals surface area contributed by atoms with Crippen LogP contribution < -0.4 is 4.90 Å². The summed E-state index contributed by atoms with van der Waals surface area (Å²) >= 11 is 3.35. The molecule has 0 saturated carbocycles. The van der Waals surface area contributed by atoms with Crippen molar-refractivity contribution in [3.8, 4) is 0 Å². The zero-order valence-corrected chi connectivity index (χ0v) is 14.0. The standard InChI is InChI=1S/C14H19BrN2O4/c1-4-6-16(9-14(18)21-5-2)13-7-10(3)12(17(19)20)8-11(13)15/h7-8H,4-6,9H2,1-3H3. The molecule has 0 unspecified atom stereocenters. The zero-order chi connectivity index (χ0) is 16.0. The molecule has 0 N–H and O–H groups in total. The second kappa shape index (κ2) is 7.97. The molecule has 0 aliphatic heterocycles. The normalized spacial score (nSPS) is 10.3. The highest BCUT2D eigenvalue weighted by Gasteiger charge is 2.19. The molecule has 0 bridgehead atoms. The van der Waals surface area contributed by atoms with Gasteiger partial charge >= 0.3 is 5.97 Å². The molecule has 0 heterocycles. The van der Waals surface area contributed by atoms with Crippen LogP contribution in [-0.4, -0.2) is 30.6 Å². The van der Waals surface area contributed by atoms with E-state index in [9.17, 15) is 14.9 Å². The third-order valence-corrected chi connectivity index (χ3v) is 3.56. The van der Waals surface area contributed by atoms with Crippen molar-refractivity contribution in [3.05, 3.63) is 32.3 Å². The smallest absolute Gasteiger partial charge is 0.325 e. The third-order valence-electron chi connectivity index (χ3n) is 2.92. The van der Waals surface area contributed by atoms with Gasteiger partial charge in [-0.3, -0.25) is 14.9 Å². The van der Waals surface area contributed by atoms with Crippen LogP contribution in [0.3, 0.4) is 0 Å². The number of aryl methyl sites for hydroxylation is 1. The van der Waals surface area contributed by atoms with E-state index in [4.69, 9.17) is 4.74 Å². The monoisotopic (exact) mass is 358 g/mol. The first-order chi connectivity index (χ1) is 9.90. The summed E-state index contributed by atoms with van der Waals surface area (Å²) in [5.41, 5.74) is 1.37. The maximum absolute atomic E-state index is 11.7. The number of nitro benzene ring substituents is 1. The van der Waals surface area contributed by atoms with Crippen molar-refractivity contribution < 1.29 is 14.5 Å². The molecular formula is C14H19BrN2O4. The Hall–Kier alpha value is -1.63. The quantitative estimate of drug-likeness (QED) is 0.424. The number of anilines is 1. The van der Waals surface area contributed by atoms with Crippen LogP contribution in [0.4, 0.5) is 11.4 Å². The molecule has 0 aliphatic carbocycles. The van der Waals surface area contributed by atoms with Gasteiger partial charge in [0.15, 0.2) is 0 Å². The molecule has 0 aliphatic rings. The largest absolute Gasteiger partial charge is 0.465 e. The average Bonchev–Trinajstić information content (AvgIpc) is 2.40. The van der Waals surface area contributed by atoms with Gasteiger partial charge in [0, 0.05) is 22.6 Å². The van der Waals surface area contributed by atoms with Crippen LogP contribution in [0, 0.1) is 17.0 Å². The van der Waals surface area contributed by atoms with Crippen LogP contribution >= 0.6 is 15.9 Å². The number of hydrogen-bond donors (Lipinski definition) is 0. The predicted octanol–water partition coefficient (Wildman–Crippen LogP) is 3.45. The summed E-state index contributed by atoms with van der Waals surface area (Å²) < 4.78 is 5.56. The van der Waals surface area contributed by atoms with Gasteiger partial charge in [0.1, 0.15) is 6.54 Å². The van der Waals surface area contributed by atoms with Crippen molar-refractivity contribution in [1.82, 2.24) is 0 Å². The Bertz CT molecular complexity index is 534. The number of benzene rings is 1. The number of hydrogen-bond acceptors (Lipinski definition) is 5. The number of nitro groups is 1. The maximum Gasteiger partial charge on any atom is 0.325 e. The van der Waals surface area contributed by atoms with Crippen LogP contribution in [0.25, 0.3) is 0 Å². The maximum atomic E-state index is 11.7. The Morgan fingerprint density at radius 2 is 2.10 bits per heavy atom. The molecule has 1 aromatic rings. The molecule has 0 fully saturated rings. The molecule has 0 atom stereocenters. The Balaban J connectivity index is 3.10. The van der Waals surface area contributed by atoms with Gasteiger partial charge in [-0.1, -0.05) is 6.92 Å². The highest BCUT2D eigenvalue weighted by Crippen LogP contribution is 2.33. The Morgan fingerprint density at radius 3 is 2.62 bits per heavy atom. The third kappa shape index (κ3) is 4.70. The highest BCUT2D eigenvalue weighted by molar-refractivity contribution is 9.10. The molecule has 0 aromatic heterocycles. The Labute approximate surface area is 132 Å². The van der Waals surface area contributed by atoms with Gasteiger partial charge < -0.3 is 9.64 Å². The minimum absolute atomic E-state index is 0.0539. The zero-order valence-electron chi connectivity index (χ0n) is 12.4. The van der Waals surface area contributed by atoms with Crippen LogP contribution in [0.2, 0.25) is 0 Å². The lowest BCUT2D eigenvalue weighted by molar-refractivity contribution is -0.385. The second-order valence-electron chi connectivity index (χ2n) is 4.57. The number of carbonyl (C=O) groups excluding carboxylic acids is 1. The lowest BCUT2D eigenvalue weighted by Crippen LogP contribution is -2.32. The fourth-order valence-corrected chi connectivity index (χ4v) is 2.59. The summed E-state index contributed by atoms with van der Waals surface area (Å²) in [6.07, 6.45) is 0.849. The minimum Gasteiger partial charge on any atom is -0.465 e. The number of rotatable bonds is 7. The van der Waals surface area contributed by atoms with Crippen LogP contribution in [0.15, 0.2) is 16.6 Å². The van der Waals surface area contributed by atoms with Gasteiger partial charge in [-0.05, 0) is 42.3 Å². The molecule has 0 saturated heterocycles. The van der Waals surface area contributed by atoms with Crippen molar-refractivity contribution in [2.75, 3.05) is 24.6 Å². The molecule has 1 rings (SSSR count). The van der Waals surface area contributed by atoms with E-state index in [1.54, 1.807) is 19.9 Å². The molecule has 21 heavy (non-hydrogen) atoms. The van der Waals surface area contributed by atoms with E-state index in [0.29, 0.717) is 23.2 Å². The Kier molecular flexibility index (Phi) is 6.61. The average molecular weight is 359 g/mol. The van der Waals surface area contributed by atoms with E-state index < -0.39 is 4.92 Å². The van der Waals surface area contributed by atoms with Crippen LogP contribution in [0.5, 0.6) is 0 Å². The van der Waals surface area contributed by atoms with Crippen molar-refractivity contribution in [2.45, 2.75) is 27.2 Å². The number of nitrogens with zero attached hydrogens (tertiary/aromatic N) is 2. The molecule has 0 spiro atoms. The summed E-state index contributed by atoms with van der Waals surface area (Å²) in [5.74, 6) is -0.311. The van der Waals surface area contributed by atoms with Crippen LogP contribution in [-0.2, 0) is 9.53 Å². The lowest BCUT2D eigenvalue weighted by atomic mass is 10.1. The highest BCUT2D eigenvalue weighted by atomic mass is 79.9. The number of esters is 1. The summed E-state index contributed by atoms with van der Waals surface area (Å²) in [4.78, 5) is 24.1. The molecule has 7 heteroatoms. The summed E-state index contributed by atoms with van der Waals surface area (Å²) in [6.45, 7) is 6.56. The van der Waals surface area contributed by atoms with Gasteiger partial charge in [0.25, 0.3) is 5.69 Å². The van der Waals surface area contributed by atoms with Gasteiger partial charge in [-0.25, -0.2) is 0 Å². The van der Waals surface area contributed by atoms with Gasteiger partial charge in [0.2, 0.25) is 0 Å². The summed E-state index contributed by atoms with van der Waals surface area (Å²) in [7, 11) is 0. The van der Waals surface area contributed by atoms with Crippen LogP contribution in [0.1, 0.15) is 25.8 Å². The number of ether oxygens (including phenoxy) is 1. The van der Waals surface area contributed by atoms with Gasteiger partial charge in [-0.2, -0.15) is 0 Å². The molecule has 1 aromatic carbocycles. The molecular weight excluding hydrogens is 340 g/mol. The first kappa shape index (κ1) is 17.4. The van der Waals surface area contributed by atoms with E-state index in [-0.39, 0.29) is 18.2 Å². The second-order valence-corrected chi connectivity index (χ2v) is 5.43. The SMILES string of the molecule is CCCN(CC(=O)OCC)c1cc(C)c([N+](=O)[O-])cc1Br. The van der Waals surface area contributed by atoms with E-state index >= 15 is 0 Å². The first-order valence-electron chi connectivity index (χ1n) is 6.75. The lowest BCUT2D eigenvalue weighted by Gasteiger charge is -2.24. The predicted molar refractivity (Wildman–Crippen MR) is 84.7 cm³/mol. The van der Waals surface area contributed by atoms with Crippen molar-refractivity contribution >= 4 is 33.3 Å². The van der Waals surface area contributed by atoms with Crippen molar-refractivity contribution in [3.63, 3.8) is 0 Å². The van der Waals surface area contributed by atoms with E-state index in [1.165, 1.54) is 6.07 Å². The van der Waals surface area contributed by atoms with Gasteiger partial charge in [-0.15, -0.1) is 0 Å². The topological polar surface area (TPSA) is 72.7 Å². The molecule has 0 amide bonds. The fourth-order valence-electron chi connectivity index (χ4n) is 2.01. The minimum atomic E-state index is -0.417. The number of carbonyl (C=O) groups is 1. The summed E-state index contributed by atoms with van der Waals surface area (Å²) in [6, 6.07) is 3.19. The van der Waals surface area contributed by atoms with Crippen molar-refractivity contribution in [2.24, 2.45) is 0 Å². The molecule has 0 radical (unpaired) electrons. The fraction of sp³-hybridized carbons (Fsp3) is 0.500. The summed E-state index contributed by atoms with van der Waals surface area (Å²) in [5, 5.41) is 10.9. The van der Waals surface area contributed by atoms with Gasteiger partial charge in [0.05, 0.1) is 17.2 Å². The molecule has 116 valence electrons. The first-order valence-corrected chi connectivity index (χ1v) is 7.55.